The van der Waals surface area contributed by atoms with Gasteiger partial charge >= 0.3 is 0 Å². The lowest BCUT2D eigenvalue weighted by Gasteiger charge is -2.35. The first kappa shape index (κ1) is 19.2. The largest absolute Gasteiger partial charge is 0.391 e. The van der Waals surface area contributed by atoms with E-state index in [9.17, 15) is 9.90 Å². The maximum absolute atomic E-state index is 11.2. The van der Waals surface area contributed by atoms with Gasteiger partial charge in [0.1, 0.15) is 24.0 Å². The number of hydrogen-bond donors (Lipinski definition) is 5. The van der Waals surface area contributed by atoms with Crippen molar-refractivity contribution in [3.8, 4) is 0 Å². The molecule has 8 nitrogen and oxygen atoms in total. The summed E-state index contributed by atoms with van der Waals surface area (Å²) in [5, 5.41) is 20.1. The molecule has 0 aliphatic carbocycles. The molecule has 1 saturated heterocycles. The number of amidine groups is 1. The van der Waals surface area contributed by atoms with Crippen LogP contribution in [-0.2, 0) is 4.79 Å². The SMILES string of the molecule is CC(C)C1=C2NC(NCC3CCNC[C@@H]3O)=CC(=NCC(N)=O)N2C=C=C1. The first-order chi connectivity index (χ1) is 13.0. The second kappa shape index (κ2) is 8.43. The average Bonchev–Trinajstić information content (AvgIpc) is 2.64. The third-order valence-electron chi connectivity index (χ3n) is 4.89. The van der Waals surface area contributed by atoms with E-state index in [4.69, 9.17) is 5.73 Å². The summed E-state index contributed by atoms with van der Waals surface area (Å²) in [6.07, 6.45) is 6.15. The molecule has 0 aromatic heterocycles. The molecule has 2 atom stereocenters. The zero-order valence-electron chi connectivity index (χ0n) is 15.8. The summed E-state index contributed by atoms with van der Waals surface area (Å²) in [4.78, 5) is 17.4. The fourth-order valence-corrected chi connectivity index (χ4v) is 3.34. The Morgan fingerprint density at radius 2 is 2.37 bits per heavy atom. The van der Waals surface area contributed by atoms with Crippen LogP contribution in [0, 0.1) is 11.8 Å². The minimum Gasteiger partial charge on any atom is -0.391 e. The Labute approximate surface area is 159 Å². The van der Waals surface area contributed by atoms with Gasteiger partial charge in [0.2, 0.25) is 5.91 Å². The Morgan fingerprint density at radius 1 is 1.56 bits per heavy atom. The summed E-state index contributed by atoms with van der Waals surface area (Å²) in [6, 6.07) is 0. The van der Waals surface area contributed by atoms with E-state index in [1.165, 1.54) is 0 Å². The first-order valence-electron chi connectivity index (χ1n) is 9.36. The number of nitrogens with one attached hydrogen (secondary N) is 3. The number of aliphatic hydroxyl groups is 1. The van der Waals surface area contributed by atoms with Gasteiger partial charge in [-0.25, -0.2) is 0 Å². The third-order valence-corrected chi connectivity index (χ3v) is 4.89. The highest BCUT2D eigenvalue weighted by atomic mass is 16.3. The number of hydrogen-bond acceptors (Lipinski definition) is 6. The lowest BCUT2D eigenvalue weighted by atomic mass is 9.95. The van der Waals surface area contributed by atoms with Gasteiger partial charge in [-0.1, -0.05) is 13.8 Å². The lowest BCUT2D eigenvalue weighted by molar-refractivity contribution is -0.116. The molecule has 8 heteroatoms. The molecule has 0 saturated carbocycles. The summed E-state index contributed by atoms with van der Waals surface area (Å²) in [5.74, 6) is 2.30. The van der Waals surface area contributed by atoms with Crippen LogP contribution in [0.4, 0.5) is 0 Å². The molecule has 0 bridgehead atoms. The fourth-order valence-electron chi connectivity index (χ4n) is 3.34. The van der Waals surface area contributed by atoms with Gasteiger partial charge in [0.05, 0.1) is 12.3 Å². The van der Waals surface area contributed by atoms with E-state index < -0.39 is 5.91 Å². The van der Waals surface area contributed by atoms with Crippen molar-refractivity contribution in [3.63, 3.8) is 0 Å². The van der Waals surface area contributed by atoms with Crippen molar-refractivity contribution in [3.05, 3.63) is 41.3 Å². The van der Waals surface area contributed by atoms with Gasteiger partial charge in [-0.2, -0.15) is 0 Å². The Morgan fingerprint density at radius 3 is 3.07 bits per heavy atom. The number of nitrogens with zero attached hydrogens (tertiary/aromatic N) is 2. The van der Waals surface area contributed by atoms with Crippen LogP contribution < -0.4 is 21.7 Å². The van der Waals surface area contributed by atoms with Crippen LogP contribution in [-0.4, -0.2) is 54.0 Å². The topological polar surface area (TPSA) is 115 Å². The quantitative estimate of drug-likeness (QED) is 0.410. The molecule has 0 aromatic carbocycles. The number of piperidine rings is 1. The summed E-state index contributed by atoms with van der Waals surface area (Å²) in [6.45, 7) is 6.33. The summed E-state index contributed by atoms with van der Waals surface area (Å²) in [7, 11) is 0. The predicted molar refractivity (Wildman–Crippen MR) is 104 cm³/mol. The Hall–Kier alpha value is -2.54. The van der Waals surface area contributed by atoms with Crippen molar-refractivity contribution >= 4 is 11.7 Å². The van der Waals surface area contributed by atoms with Crippen LogP contribution in [0.3, 0.4) is 0 Å². The number of aliphatic imine (C=N–C) groups is 1. The minimum absolute atomic E-state index is 0.0789. The van der Waals surface area contributed by atoms with Crippen molar-refractivity contribution in [2.75, 3.05) is 26.2 Å². The number of β-amino-alcohol motifs (C(OH)–C–C–N with tert-alkyl or cyclic N) is 1. The molecule has 1 unspecified atom stereocenters. The highest BCUT2D eigenvalue weighted by molar-refractivity contribution is 5.98. The van der Waals surface area contributed by atoms with Crippen molar-refractivity contribution in [1.29, 1.82) is 0 Å². The molecule has 1 fully saturated rings. The van der Waals surface area contributed by atoms with Crippen molar-refractivity contribution in [1.82, 2.24) is 20.9 Å². The molecular formula is C19H28N6O2. The molecular weight excluding hydrogens is 344 g/mol. The maximum Gasteiger partial charge on any atom is 0.239 e. The van der Waals surface area contributed by atoms with Crippen LogP contribution in [0.5, 0.6) is 0 Å². The minimum atomic E-state index is -0.479. The zero-order chi connectivity index (χ0) is 19.4. The monoisotopic (exact) mass is 372 g/mol. The van der Waals surface area contributed by atoms with Crippen LogP contribution in [0.2, 0.25) is 0 Å². The van der Waals surface area contributed by atoms with Crippen LogP contribution in [0.15, 0.2) is 46.3 Å². The zero-order valence-corrected chi connectivity index (χ0v) is 15.8. The van der Waals surface area contributed by atoms with Gasteiger partial charge in [-0.15, -0.1) is 5.73 Å². The van der Waals surface area contributed by atoms with Crippen LogP contribution in [0.25, 0.3) is 0 Å². The predicted octanol–water partition coefficient (Wildman–Crippen LogP) is -0.273. The summed E-state index contributed by atoms with van der Waals surface area (Å²) >= 11 is 0. The highest BCUT2D eigenvalue weighted by Crippen LogP contribution is 2.25. The van der Waals surface area contributed by atoms with Crippen LogP contribution >= 0.6 is 0 Å². The van der Waals surface area contributed by atoms with Gasteiger partial charge in [0, 0.05) is 30.7 Å². The Balaban J connectivity index is 1.83. The van der Waals surface area contributed by atoms with E-state index in [2.05, 4.69) is 40.5 Å². The molecule has 3 heterocycles. The summed E-state index contributed by atoms with van der Waals surface area (Å²) in [5.41, 5.74) is 9.49. The second-order valence-electron chi connectivity index (χ2n) is 7.29. The van der Waals surface area contributed by atoms with Gasteiger partial charge < -0.3 is 26.8 Å². The molecule has 6 N–H and O–H groups in total. The third kappa shape index (κ3) is 4.60. The molecule has 27 heavy (non-hydrogen) atoms. The number of allylic oxidation sites excluding steroid dienone is 2. The lowest BCUT2D eigenvalue weighted by Crippen LogP contribution is -2.47. The van der Waals surface area contributed by atoms with E-state index >= 15 is 0 Å². The van der Waals surface area contributed by atoms with Crippen molar-refractivity contribution < 1.29 is 9.90 Å². The summed E-state index contributed by atoms with van der Waals surface area (Å²) < 4.78 is 0. The van der Waals surface area contributed by atoms with E-state index in [-0.39, 0.29) is 18.6 Å². The number of primary amides is 1. The molecule has 1 amide bonds. The number of carbonyl (C=O) groups excluding carboxylic acids is 1. The van der Waals surface area contributed by atoms with Crippen molar-refractivity contribution in [2.24, 2.45) is 22.6 Å². The van der Waals surface area contributed by atoms with E-state index in [1.54, 1.807) is 6.20 Å². The van der Waals surface area contributed by atoms with E-state index in [1.807, 2.05) is 17.1 Å². The average molecular weight is 372 g/mol. The van der Waals surface area contributed by atoms with E-state index in [0.29, 0.717) is 24.8 Å². The first-order valence-corrected chi connectivity index (χ1v) is 9.36. The fraction of sp³-hybridized carbons (Fsp3) is 0.526. The second-order valence-corrected chi connectivity index (χ2v) is 7.29. The standard InChI is InChI=1S/C19H28N6O2/c1-12(2)14-4-3-7-25-18(23-11-16(20)27)8-17(24-19(14)25)22-9-13-5-6-21-10-15(13)26/h4,7-8,12-13,15,21-22,24,26H,5-6,9-11H2,1-2H3,(H2,20,27)/t13?,15-/m0/s1. The molecule has 3 rings (SSSR count). The molecule has 3 aliphatic rings. The number of amides is 1. The van der Waals surface area contributed by atoms with Crippen LogP contribution in [0.1, 0.15) is 20.3 Å². The van der Waals surface area contributed by atoms with Gasteiger partial charge in [-0.3, -0.25) is 14.7 Å². The number of carbonyl (C=O) groups is 1. The van der Waals surface area contributed by atoms with Gasteiger partial charge in [0.15, 0.2) is 0 Å². The van der Waals surface area contributed by atoms with Crippen molar-refractivity contribution in [2.45, 2.75) is 26.4 Å². The molecule has 0 aromatic rings. The maximum atomic E-state index is 11.2. The number of rotatable bonds is 6. The molecule has 3 aliphatic heterocycles. The smallest absolute Gasteiger partial charge is 0.239 e. The highest BCUT2D eigenvalue weighted by Gasteiger charge is 2.27. The molecule has 146 valence electrons. The Bertz CT molecular complexity index is 745. The number of nitrogens with two attached hydrogens (primary N) is 1. The molecule has 0 spiro atoms. The number of aliphatic hydroxyl groups excluding tert-OH is 1. The van der Waals surface area contributed by atoms with E-state index in [0.717, 1.165) is 30.2 Å². The van der Waals surface area contributed by atoms with Gasteiger partial charge in [0.25, 0.3) is 0 Å². The normalized spacial score (nSPS) is 26.1. The Kier molecular flexibility index (Phi) is 6.01. The molecule has 0 radical (unpaired) electrons. The number of fused-ring (bicyclic) bond motifs is 1. The van der Waals surface area contributed by atoms with Gasteiger partial charge in [-0.05, 0) is 25.0 Å².